The van der Waals surface area contributed by atoms with Crippen LogP contribution >= 0.6 is 23.4 Å². The Kier molecular flexibility index (Phi) is 4.59. The van der Waals surface area contributed by atoms with E-state index in [1.165, 1.54) is 4.57 Å². The zero-order chi connectivity index (χ0) is 17.3. The lowest BCUT2D eigenvalue weighted by molar-refractivity contribution is -0.115. The van der Waals surface area contributed by atoms with Crippen LogP contribution < -0.4 is 11.3 Å². The lowest BCUT2D eigenvalue weighted by Gasteiger charge is -2.13. The number of halogens is 1. The minimum atomic E-state index is -0.476. The molecule has 5 nitrogen and oxygen atoms in total. The lowest BCUT2D eigenvalue weighted by Crippen LogP contribution is -2.23. The number of nitrogens with two attached hydrogens (primary N) is 1. The van der Waals surface area contributed by atoms with Crippen molar-refractivity contribution in [3.63, 3.8) is 0 Å². The van der Waals surface area contributed by atoms with Crippen molar-refractivity contribution in [3.05, 3.63) is 63.4 Å². The quantitative estimate of drug-likeness (QED) is 0.574. The Morgan fingerprint density at radius 1 is 1.29 bits per heavy atom. The van der Waals surface area contributed by atoms with E-state index < -0.39 is 5.91 Å². The van der Waals surface area contributed by atoms with Crippen LogP contribution in [0.15, 0.2) is 52.4 Å². The second kappa shape index (κ2) is 6.67. The highest BCUT2D eigenvalue weighted by Gasteiger charge is 2.14. The van der Waals surface area contributed by atoms with E-state index in [2.05, 4.69) is 4.98 Å². The van der Waals surface area contributed by atoms with Crippen molar-refractivity contribution in [1.29, 1.82) is 0 Å². The van der Waals surface area contributed by atoms with Gasteiger partial charge in [-0.3, -0.25) is 14.2 Å². The van der Waals surface area contributed by atoms with Crippen molar-refractivity contribution < 1.29 is 4.79 Å². The van der Waals surface area contributed by atoms with E-state index in [0.29, 0.717) is 26.8 Å². The molecule has 0 unspecified atom stereocenters. The first-order valence-corrected chi connectivity index (χ1v) is 8.53. The third-order valence-electron chi connectivity index (χ3n) is 3.50. The summed E-state index contributed by atoms with van der Waals surface area (Å²) in [7, 11) is 0. The number of hydrogen-bond donors (Lipinski definition) is 1. The number of aryl methyl sites for hydroxylation is 1. The molecule has 0 aliphatic carbocycles. The van der Waals surface area contributed by atoms with Gasteiger partial charge in [0.25, 0.3) is 5.56 Å². The average Bonchev–Trinajstić information content (AvgIpc) is 2.56. The van der Waals surface area contributed by atoms with Crippen LogP contribution in [0, 0.1) is 6.92 Å². The molecule has 0 saturated carbocycles. The summed E-state index contributed by atoms with van der Waals surface area (Å²) in [5, 5.41) is 1.45. The Morgan fingerprint density at radius 2 is 2.04 bits per heavy atom. The standard InChI is InChI=1S/C17H14ClN3O2S/c1-10-6-7-11(8-13(10)18)21-16(23)12-4-2-3-5-14(12)20-17(21)24-9-15(19)22/h2-8H,9H2,1H3,(H2,19,22). The summed E-state index contributed by atoms with van der Waals surface area (Å²) in [6, 6.07) is 12.4. The number of benzene rings is 2. The highest BCUT2D eigenvalue weighted by atomic mass is 35.5. The van der Waals surface area contributed by atoms with Crippen molar-refractivity contribution in [2.24, 2.45) is 5.73 Å². The molecule has 0 fully saturated rings. The van der Waals surface area contributed by atoms with Crippen LogP contribution in [0.25, 0.3) is 16.6 Å². The number of thioether (sulfide) groups is 1. The molecule has 1 aromatic heterocycles. The van der Waals surface area contributed by atoms with Crippen LogP contribution in [-0.4, -0.2) is 21.2 Å². The van der Waals surface area contributed by atoms with Crippen molar-refractivity contribution >= 4 is 40.2 Å². The first-order chi connectivity index (χ1) is 11.5. The van der Waals surface area contributed by atoms with Gasteiger partial charge in [0, 0.05) is 5.02 Å². The maximum atomic E-state index is 12.9. The van der Waals surface area contributed by atoms with Gasteiger partial charge < -0.3 is 5.73 Å². The van der Waals surface area contributed by atoms with E-state index in [0.717, 1.165) is 17.3 Å². The minimum Gasteiger partial charge on any atom is -0.369 e. The van der Waals surface area contributed by atoms with Crippen LogP contribution in [0.5, 0.6) is 0 Å². The largest absolute Gasteiger partial charge is 0.369 e. The van der Waals surface area contributed by atoms with Crippen molar-refractivity contribution in [3.8, 4) is 5.69 Å². The van der Waals surface area contributed by atoms with Crippen molar-refractivity contribution in [2.45, 2.75) is 12.1 Å². The SMILES string of the molecule is Cc1ccc(-n2c(SCC(N)=O)nc3ccccc3c2=O)cc1Cl. The van der Waals surface area contributed by atoms with Gasteiger partial charge in [0.15, 0.2) is 5.16 Å². The first kappa shape index (κ1) is 16.5. The predicted octanol–water partition coefficient (Wildman–Crippen LogP) is 2.92. The molecule has 0 bridgehead atoms. The molecule has 122 valence electrons. The Morgan fingerprint density at radius 3 is 2.75 bits per heavy atom. The van der Waals surface area contributed by atoms with Crippen LogP contribution in [0.4, 0.5) is 0 Å². The zero-order valence-corrected chi connectivity index (χ0v) is 14.4. The summed E-state index contributed by atoms with van der Waals surface area (Å²) in [5.74, 6) is -0.444. The number of nitrogens with zero attached hydrogens (tertiary/aromatic N) is 2. The number of carbonyl (C=O) groups is 1. The molecule has 0 aliphatic heterocycles. The van der Waals surface area contributed by atoms with Crippen LogP contribution in [0.3, 0.4) is 0 Å². The number of hydrogen-bond acceptors (Lipinski definition) is 4. The topological polar surface area (TPSA) is 78.0 Å². The van der Waals surface area contributed by atoms with Gasteiger partial charge in [-0.05, 0) is 36.8 Å². The van der Waals surface area contributed by atoms with Gasteiger partial charge in [-0.2, -0.15) is 0 Å². The Balaban J connectivity index is 2.27. The van der Waals surface area contributed by atoms with E-state index in [9.17, 15) is 9.59 Å². The Labute approximate surface area is 147 Å². The van der Waals surface area contributed by atoms with Gasteiger partial charge in [-0.25, -0.2) is 4.98 Å². The van der Waals surface area contributed by atoms with E-state index in [1.807, 2.05) is 19.1 Å². The second-order valence-corrected chi connectivity index (χ2v) is 6.59. The third-order valence-corrected chi connectivity index (χ3v) is 4.87. The molecule has 2 N–H and O–H groups in total. The van der Waals surface area contributed by atoms with Gasteiger partial charge in [-0.15, -0.1) is 0 Å². The summed E-state index contributed by atoms with van der Waals surface area (Å²) in [6.45, 7) is 1.89. The molecule has 0 saturated heterocycles. The Hall–Kier alpha value is -2.31. The number of para-hydroxylation sites is 1. The van der Waals surface area contributed by atoms with Gasteiger partial charge >= 0.3 is 0 Å². The third kappa shape index (κ3) is 3.16. The summed E-state index contributed by atoms with van der Waals surface area (Å²) < 4.78 is 1.46. The van der Waals surface area contributed by atoms with E-state index in [-0.39, 0.29) is 11.3 Å². The maximum absolute atomic E-state index is 12.9. The van der Waals surface area contributed by atoms with E-state index >= 15 is 0 Å². The molecule has 1 amide bonds. The number of aromatic nitrogens is 2. The number of fused-ring (bicyclic) bond motifs is 1. The molecule has 0 aliphatic rings. The predicted molar refractivity (Wildman–Crippen MR) is 97.0 cm³/mol. The monoisotopic (exact) mass is 359 g/mol. The number of primary amides is 1. The molecule has 7 heteroatoms. The second-order valence-electron chi connectivity index (χ2n) is 5.24. The summed E-state index contributed by atoms with van der Waals surface area (Å²) in [6.07, 6.45) is 0. The summed E-state index contributed by atoms with van der Waals surface area (Å²) in [5.41, 5.74) is 7.09. The fourth-order valence-corrected chi connectivity index (χ4v) is 3.22. The molecule has 3 aromatic rings. The minimum absolute atomic E-state index is 0.0321. The van der Waals surface area contributed by atoms with Gasteiger partial charge in [0.05, 0.1) is 22.3 Å². The zero-order valence-electron chi connectivity index (χ0n) is 12.8. The Bertz CT molecular complexity index is 1000. The molecule has 24 heavy (non-hydrogen) atoms. The van der Waals surface area contributed by atoms with Crippen LogP contribution in [-0.2, 0) is 4.79 Å². The van der Waals surface area contributed by atoms with Gasteiger partial charge in [0.2, 0.25) is 5.91 Å². The fraction of sp³-hybridized carbons (Fsp3) is 0.118. The summed E-state index contributed by atoms with van der Waals surface area (Å²) in [4.78, 5) is 28.6. The first-order valence-electron chi connectivity index (χ1n) is 7.17. The molecule has 2 aromatic carbocycles. The molecule has 3 rings (SSSR count). The van der Waals surface area contributed by atoms with E-state index in [1.54, 1.807) is 30.3 Å². The average molecular weight is 360 g/mol. The molecule has 0 spiro atoms. The molecule has 0 radical (unpaired) electrons. The smallest absolute Gasteiger partial charge is 0.266 e. The summed E-state index contributed by atoms with van der Waals surface area (Å²) >= 11 is 7.32. The highest BCUT2D eigenvalue weighted by Crippen LogP contribution is 2.24. The number of amides is 1. The number of rotatable bonds is 4. The van der Waals surface area contributed by atoms with Crippen molar-refractivity contribution in [1.82, 2.24) is 9.55 Å². The van der Waals surface area contributed by atoms with Gasteiger partial charge in [-0.1, -0.05) is 41.6 Å². The highest BCUT2D eigenvalue weighted by molar-refractivity contribution is 7.99. The van der Waals surface area contributed by atoms with Gasteiger partial charge in [0.1, 0.15) is 0 Å². The van der Waals surface area contributed by atoms with Crippen LogP contribution in [0.1, 0.15) is 5.56 Å². The lowest BCUT2D eigenvalue weighted by atomic mass is 10.2. The fourth-order valence-electron chi connectivity index (χ4n) is 2.29. The molecule has 1 heterocycles. The molecule has 0 atom stereocenters. The normalized spacial score (nSPS) is 10.9. The van der Waals surface area contributed by atoms with Crippen molar-refractivity contribution in [2.75, 3.05) is 5.75 Å². The van der Waals surface area contributed by atoms with E-state index in [4.69, 9.17) is 17.3 Å². The molecular formula is C17H14ClN3O2S. The van der Waals surface area contributed by atoms with Crippen LogP contribution in [0.2, 0.25) is 5.02 Å². The molecular weight excluding hydrogens is 346 g/mol. The maximum Gasteiger partial charge on any atom is 0.266 e. The number of carbonyl (C=O) groups excluding carboxylic acids is 1.